The van der Waals surface area contributed by atoms with E-state index in [2.05, 4.69) is 10.1 Å². The number of rotatable bonds is 6. The third-order valence-electron chi connectivity index (χ3n) is 3.26. The molecule has 1 heterocycles. The molecule has 23 heavy (non-hydrogen) atoms. The number of nitrogens with zero attached hydrogens (tertiary/aromatic N) is 3. The van der Waals surface area contributed by atoms with Crippen LogP contribution in [0.1, 0.15) is 12.5 Å². The highest BCUT2D eigenvalue weighted by molar-refractivity contribution is 7.86. The van der Waals surface area contributed by atoms with Crippen molar-refractivity contribution >= 4 is 10.1 Å². The Morgan fingerprint density at radius 3 is 2.65 bits per heavy atom. The largest absolute Gasteiger partial charge is 0.380 e. The smallest absolute Gasteiger partial charge is 0.264 e. The number of halogens is 2. The van der Waals surface area contributed by atoms with Crippen LogP contribution in [0.3, 0.4) is 0 Å². The van der Waals surface area contributed by atoms with Gasteiger partial charge in [0.2, 0.25) is 0 Å². The zero-order valence-electron chi connectivity index (χ0n) is 12.3. The van der Waals surface area contributed by atoms with Crippen LogP contribution < -0.4 is 0 Å². The van der Waals surface area contributed by atoms with Gasteiger partial charge < -0.3 is 5.11 Å². The Kier molecular flexibility index (Phi) is 4.78. The lowest BCUT2D eigenvalue weighted by molar-refractivity contribution is -0.0734. The fraction of sp³-hybridized carbons (Fsp3) is 0.385. The van der Waals surface area contributed by atoms with E-state index in [0.29, 0.717) is 6.07 Å². The van der Waals surface area contributed by atoms with Gasteiger partial charge in [-0.15, -0.1) is 0 Å². The molecule has 0 aliphatic heterocycles. The molecular formula is C13H15F2N3O4S. The van der Waals surface area contributed by atoms with Crippen LogP contribution in [0.4, 0.5) is 8.78 Å². The van der Waals surface area contributed by atoms with Crippen LogP contribution in [0.25, 0.3) is 0 Å². The fourth-order valence-electron chi connectivity index (χ4n) is 2.18. The molecule has 0 saturated heterocycles. The lowest BCUT2D eigenvalue weighted by Crippen LogP contribution is -2.45. The molecule has 1 aromatic carbocycles. The number of hydrogen-bond acceptors (Lipinski definition) is 6. The topological polar surface area (TPSA) is 94.3 Å². The molecule has 0 amide bonds. The molecule has 0 spiro atoms. The van der Waals surface area contributed by atoms with Crippen molar-refractivity contribution in [2.75, 3.05) is 6.26 Å². The third kappa shape index (κ3) is 4.09. The predicted octanol–water partition coefficient (Wildman–Crippen LogP) is 0.809. The van der Waals surface area contributed by atoms with Crippen molar-refractivity contribution in [1.29, 1.82) is 0 Å². The van der Waals surface area contributed by atoms with E-state index in [1.807, 2.05) is 0 Å². The Morgan fingerprint density at radius 2 is 2.13 bits per heavy atom. The summed E-state index contributed by atoms with van der Waals surface area (Å²) in [6.07, 6.45) is 1.91. The number of benzene rings is 1. The maximum Gasteiger partial charge on any atom is 0.264 e. The van der Waals surface area contributed by atoms with Gasteiger partial charge in [0, 0.05) is 11.6 Å². The van der Waals surface area contributed by atoms with Crippen molar-refractivity contribution in [3.05, 3.63) is 48.1 Å². The van der Waals surface area contributed by atoms with Crippen LogP contribution in [0, 0.1) is 11.6 Å². The molecule has 0 aliphatic rings. The molecule has 1 aromatic heterocycles. The Bertz CT molecular complexity index is 783. The van der Waals surface area contributed by atoms with Gasteiger partial charge in [0.1, 0.15) is 36.0 Å². The van der Waals surface area contributed by atoms with Gasteiger partial charge in [-0.25, -0.2) is 18.4 Å². The molecule has 0 unspecified atom stereocenters. The van der Waals surface area contributed by atoms with Crippen LogP contribution in [0.5, 0.6) is 0 Å². The Hall–Kier alpha value is -1.91. The number of aliphatic hydroxyl groups is 1. The molecule has 126 valence electrons. The summed E-state index contributed by atoms with van der Waals surface area (Å²) in [7, 11) is -3.92. The highest BCUT2D eigenvalue weighted by atomic mass is 32.2. The minimum absolute atomic E-state index is 0.314. The Balaban J connectivity index is 2.49. The quantitative estimate of drug-likeness (QED) is 0.777. The summed E-state index contributed by atoms with van der Waals surface area (Å²) in [4.78, 5) is 3.70. The van der Waals surface area contributed by atoms with E-state index in [4.69, 9.17) is 4.18 Å². The lowest BCUT2D eigenvalue weighted by atomic mass is 9.88. The van der Waals surface area contributed by atoms with E-state index in [1.54, 1.807) is 0 Å². The van der Waals surface area contributed by atoms with Crippen LogP contribution in [-0.4, -0.2) is 40.6 Å². The van der Waals surface area contributed by atoms with Crippen LogP contribution in [0.15, 0.2) is 30.9 Å². The minimum atomic E-state index is -3.92. The summed E-state index contributed by atoms with van der Waals surface area (Å²) < 4.78 is 55.9. The van der Waals surface area contributed by atoms with E-state index < -0.39 is 33.5 Å². The van der Waals surface area contributed by atoms with Gasteiger partial charge in [0.25, 0.3) is 10.1 Å². The Morgan fingerprint density at radius 1 is 1.43 bits per heavy atom. The van der Waals surface area contributed by atoms with Gasteiger partial charge in [-0.05, 0) is 13.0 Å². The second-order valence-electron chi connectivity index (χ2n) is 5.08. The first-order valence-electron chi connectivity index (χ1n) is 6.50. The van der Waals surface area contributed by atoms with Gasteiger partial charge in [0.15, 0.2) is 0 Å². The fourth-order valence-corrected chi connectivity index (χ4v) is 2.86. The van der Waals surface area contributed by atoms with Crippen molar-refractivity contribution in [1.82, 2.24) is 14.8 Å². The van der Waals surface area contributed by atoms with Crippen LogP contribution in [0.2, 0.25) is 0 Å². The lowest BCUT2D eigenvalue weighted by Gasteiger charge is -2.33. The van der Waals surface area contributed by atoms with Gasteiger partial charge in [-0.3, -0.25) is 4.18 Å². The van der Waals surface area contributed by atoms with Gasteiger partial charge in [0.05, 0.1) is 12.8 Å². The van der Waals surface area contributed by atoms with Crippen molar-refractivity contribution in [2.45, 2.75) is 25.2 Å². The van der Waals surface area contributed by atoms with Gasteiger partial charge in [-0.2, -0.15) is 13.5 Å². The summed E-state index contributed by atoms with van der Waals surface area (Å²) in [6, 6.07) is 2.58. The average molecular weight is 347 g/mol. The van der Waals surface area contributed by atoms with E-state index in [0.717, 1.165) is 18.4 Å². The molecule has 0 radical (unpaired) electrons. The normalized spacial score (nSPS) is 16.0. The molecule has 0 bridgehead atoms. The molecule has 0 saturated carbocycles. The highest BCUT2D eigenvalue weighted by Crippen LogP contribution is 2.32. The zero-order valence-corrected chi connectivity index (χ0v) is 13.2. The summed E-state index contributed by atoms with van der Waals surface area (Å²) in [5, 5.41) is 14.7. The molecule has 0 aliphatic carbocycles. The van der Waals surface area contributed by atoms with E-state index >= 15 is 0 Å². The van der Waals surface area contributed by atoms with E-state index in [9.17, 15) is 22.3 Å². The zero-order chi connectivity index (χ0) is 17.3. The van der Waals surface area contributed by atoms with Gasteiger partial charge >= 0.3 is 0 Å². The standard InChI is InChI=1S/C13H15F2N3O4S/c1-9(22-23(2,20)21)13(19,6-18-8-16-7-17-18)11-4-3-10(14)5-12(11)15/h3-5,7-9,19H,6H2,1-2H3/t9-,13+/m0/s1. The van der Waals surface area contributed by atoms with Crippen molar-refractivity contribution in [2.24, 2.45) is 0 Å². The first-order chi connectivity index (χ1) is 10.6. The average Bonchev–Trinajstić information content (AvgIpc) is 2.88. The monoisotopic (exact) mass is 347 g/mol. The molecular weight excluding hydrogens is 332 g/mol. The first-order valence-corrected chi connectivity index (χ1v) is 8.32. The van der Waals surface area contributed by atoms with Crippen LogP contribution in [-0.2, 0) is 26.4 Å². The molecule has 2 aromatic rings. The van der Waals surface area contributed by atoms with E-state index in [1.165, 1.54) is 24.3 Å². The molecule has 2 atom stereocenters. The maximum atomic E-state index is 14.1. The molecule has 1 N–H and O–H groups in total. The summed E-state index contributed by atoms with van der Waals surface area (Å²) >= 11 is 0. The SMILES string of the molecule is C[C@H](OS(C)(=O)=O)[C@](O)(Cn1cncn1)c1ccc(F)cc1F. The summed E-state index contributed by atoms with van der Waals surface area (Å²) in [5.41, 5.74) is -2.43. The van der Waals surface area contributed by atoms with Crippen molar-refractivity contribution in [3.63, 3.8) is 0 Å². The maximum absolute atomic E-state index is 14.1. The molecule has 10 heteroatoms. The summed E-state index contributed by atoms with van der Waals surface area (Å²) in [5.74, 6) is -1.86. The second kappa shape index (κ2) is 6.30. The van der Waals surface area contributed by atoms with Crippen molar-refractivity contribution in [3.8, 4) is 0 Å². The molecule has 0 fully saturated rings. The van der Waals surface area contributed by atoms with Crippen molar-refractivity contribution < 1.29 is 26.5 Å². The summed E-state index contributed by atoms with van der Waals surface area (Å²) in [6.45, 7) is 0.924. The minimum Gasteiger partial charge on any atom is -0.380 e. The molecule has 7 nitrogen and oxygen atoms in total. The Labute approximate surface area is 131 Å². The predicted molar refractivity (Wildman–Crippen MR) is 75.7 cm³/mol. The highest BCUT2D eigenvalue weighted by Gasteiger charge is 2.41. The second-order valence-corrected chi connectivity index (χ2v) is 6.68. The molecule has 2 rings (SSSR count). The van der Waals surface area contributed by atoms with Gasteiger partial charge in [-0.1, -0.05) is 6.07 Å². The number of aromatic nitrogens is 3. The first kappa shape index (κ1) is 17.4. The van der Waals surface area contributed by atoms with Crippen LogP contribution >= 0.6 is 0 Å². The van der Waals surface area contributed by atoms with E-state index in [-0.39, 0.29) is 12.1 Å². The number of hydrogen-bond donors (Lipinski definition) is 1. The third-order valence-corrected chi connectivity index (χ3v) is 3.90.